The summed E-state index contributed by atoms with van der Waals surface area (Å²) < 4.78 is 85.2. The summed E-state index contributed by atoms with van der Waals surface area (Å²) >= 11 is 6.39. The minimum Gasteiger partial charge on any atom is -0.662 e. The molecule has 418 valence electrons. The average Bonchev–Trinajstić information content (AvgIpc) is 3.41. The Hall–Kier alpha value is -7.18. The number of carboxylic acid groups (broad SMARTS) is 1. The topological polar surface area (TPSA) is 246 Å². The Labute approximate surface area is 488 Å². The molecule has 0 spiro atoms. The second kappa shape index (κ2) is 26.2. The molecule has 0 radical (unpaired) electrons. The van der Waals surface area contributed by atoms with E-state index in [-0.39, 0.29) is 58.6 Å². The molecule has 10 rings (SSSR count). The molecule has 0 unspecified atom stereocenters. The third-order valence-electron chi connectivity index (χ3n) is 13.2. The number of benzene rings is 4. The summed E-state index contributed by atoms with van der Waals surface area (Å²) in [5.74, 6) is -3.03. The molecule has 2 saturated carbocycles. The van der Waals surface area contributed by atoms with E-state index < -0.39 is 39.2 Å². The summed E-state index contributed by atoms with van der Waals surface area (Å²) in [6.07, 6.45) is 8.32. The number of aromatic nitrogens is 4. The first-order chi connectivity index (χ1) is 37.8. The zero-order valence-corrected chi connectivity index (χ0v) is 47.5. The Kier molecular flexibility index (Phi) is 20.4. The van der Waals surface area contributed by atoms with Gasteiger partial charge in [0.25, 0.3) is 12.0 Å². The molecular weight excluding hydrogens is 1110 g/mol. The van der Waals surface area contributed by atoms with Gasteiger partial charge in [0.2, 0.25) is 0 Å². The number of carbonyl (C=O) groups is 3. The number of hydrogen-bond donors (Lipinski definition) is 3. The number of halogens is 6. The first-order valence-electron chi connectivity index (χ1n) is 24.5. The number of alkyl carbamates (subject to hydrolysis) is 1. The van der Waals surface area contributed by atoms with Crippen molar-refractivity contribution in [3.8, 4) is 44.8 Å². The summed E-state index contributed by atoms with van der Waals surface area (Å²) in [7, 11) is -6.33. The molecule has 1 amide bonds. The maximum atomic E-state index is 13.2. The number of carbonyl (C=O) groups excluding carboxylic acids is 2. The number of nitrogens with zero attached hydrogens (tertiary/aromatic N) is 4. The van der Waals surface area contributed by atoms with Gasteiger partial charge in [-0.2, -0.15) is 26.0 Å². The molecule has 24 heteroatoms. The molecule has 4 aromatic heterocycles. The molecule has 2 aliphatic carbocycles. The van der Waals surface area contributed by atoms with E-state index in [1.807, 2.05) is 99.6 Å². The van der Waals surface area contributed by atoms with Crippen molar-refractivity contribution in [2.45, 2.75) is 87.8 Å². The molecule has 8 aromatic rings. The van der Waals surface area contributed by atoms with Gasteiger partial charge in [0.15, 0.2) is 0 Å². The summed E-state index contributed by atoms with van der Waals surface area (Å²) in [6.45, 7) is 2.54. The molecule has 0 atom stereocenters. The average molecular weight is 1170 g/mol. The number of nitrogens with one attached hydrogen (secondary N) is 1. The second-order valence-electron chi connectivity index (χ2n) is 19.6. The van der Waals surface area contributed by atoms with Crippen LogP contribution in [0.25, 0.3) is 66.6 Å². The van der Waals surface area contributed by atoms with E-state index in [2.05, 4.69) is 57.7 Å². The molecule has 2 aliphatic rings. The van der Waals surface area contributed by atoms with E-state index in [0.717, 1.165) is 106 Å². The molecule has 0 aliphatic heterocycles. The van der Waals surface area contributed by atoms with Gasteiger partial charge in [0.05, 0.1) is 33.3 Å². The summed E-state index contributed by atoms with van der Waals surface area (Å²) in [6, 6.07) is 43.1. The van der Waals surface area contributed by atoms with Gasteiger partial charge in [-0.1, -0.05) is 125 Å². The Balaban J connectivity index is 0.000000211. The Morgan fingerprint density at radius 3 is 1.64 bits per heavy atom. The minimum atomic E-state index is -6.33. The van der Waals surface area contributed by atoms with Crippen LogP contribution >= 0.6 is 11.6 Å². The van der Waals surface area contributed by atoms with Gasteiger partial charge in [-0.15, -0.1) is 0 Å². The number of aliphatic carboxylic acids is 1. The van der Waals surface area contributed by atoms with Crippen LogP contribution < -0.4 is 51.4 Å². The molecule has 4 N–H and O–H groups in total. The minimum absolute atomic E-state index is 0. The van der Waals surface area contributed by atoms with E-state index in [4.69, 9.17) is 47.2 Å². The third-order valence-corrected chi connectivity index (χ3v) is 14.3. The Morgan fingerprint density at radius 2 is 1.25 bits per heavy atom. The van der Waals surface area contributed by atoms with Crippen LogP contribution in [0, 0.1) is 0 Å². The standard InChI is InChI=1S/C29H28ClN3O2.C25H21F2N3O.C2HF3O4S.CH2O3.Na/c1-28(2,3)35-27(34)33-29(15-7-16-29)21-12-10-20(11-13-21)25-22(19-8-5-4-6-9-19)18-23-24(32-25)14-17-31-26(23)30;26-24(27)30-14-11-21-20(23(30)31)15-19(16-5-2-1-3-6-16)22(29-21)17-7-9-18(10-8-17)25(28)12-4-13-25;3-2(4,1(6)7)10(5,8)9;2-1-4-3;/h4-6,8-14,17-18H,7,15-16H2,1-3H3,(H,33,34);1-3,5-11,14-15,24H,4,12-13,28H2;(H,6,7);1,3H;/q;;;;+1/p-1. The fourth-order valence-corrected chi connectivity index (χ4v) is 9.30. The van der Waals surface area contributed by atoms with Gasteiger partial charge in [-0.05, 0) is 106 Å². The van der Waals surface area contributed by atoms with E-state index >= 15 is 0 Å². The second-order valence-corrected chi connectivity index (χ2v) is 21.3. The van der Waals surface area contributed by atoms with Crippen LogP contribution in [-0.4, -0.2) is 62.4 Å². The van der Waals surface area contributed by atoms with Crippen molar-refractivity contribution in [3.63, 3.8) is 0 Å². The van der Waals surface area contributed by atoms with Gasteiger partial charge >= 0.3 is 63.6 Å². The van der Waals surface area contributed by atoms with Crippen LogP contribution in [0.3, 0.4) is 0 Å². The fourth-order valence-electron chi connectivity index (χ4n) is 8.89. The number of rotatable bonds is 11. The number of ether oxygens (including phenoxy) is 1. The predicted molar refractivity (Wildman–Crippen MR) is 288 cm³/mol. The molecule has 81 heavy (non-hydrogen) atoms. The summed E-state index contributed by atoms with van der Waals surface area (Å²) in [4.78, 5) is 59.6. The van der Waals surface area contributed by atoms with Crippen molar-refractivity contribution in [3.05, 3.63) is 172 Å². The zero-order chi connectivity index (χ0) is 58.2. The monoisotopic (exact) mass is 1160 g/mol. The first-order valence-corrected chi connectivity index (χ1v) is 26.3. The van der Waals surface area contributed by atoms with E-state index in [0.29, 0.717) is 20.9 Å². The molecule has 4 heterocycles. The van der Waals surface area contributed by atoms with E-state index in [1.165, 1.54) is 6.07 Å². The molecule has 0 saturated heterocycles. The first kappa shape index (κ1) is 63.0. The van der Waals surface area contributed by atoms with E-state index in [9.17, 15) is 44.2 Å². The smallest absolute Gasteiger partial charge is 0.662 e. The molecule has 4 aromatic carbocycles. The largest absolute Gasteiger partial charge is 1.00 e. The van der Waals surface area contributed by atoms with Crippen molar-refractivity contribution in [1.82, 2.24) is 24.8 Å². The molecular formula is C57H51ClF5N6NaO10S. The van der Waals surface area contributed by atoms with Crippen LogP contribution in [0.4, 0.5) is 26.2 Å². The van der Waals surface area contributed by atoms with Gasteiger partial charge in [-0.25, -0.2) is 24.5 Å². The summed E-state index contributed by atoms with van der Waals surface area (Å²) in [5.41, 5.74) is 14.9. The zero-order valence-electron chi connectivity index (χ0n) is 43.9. The fraction of sp³-hybridized carbons (Fsp3) is 0.246. The molecule has 0 bridgehead atoms. The molecule has 2 fully saturated rings. The third kappa shape index (κ3) is 14.7. The van der Waals surface area contributed by atoms with Gasteiger partial charge in [0.1, 0.15) is 10.8 Å². The van der Waals surface area contributed by atoms with E-state index in [1.54, 1.807) is 12.3 Å². The van der Waals surface area contributed by atoms with Gasteiger partial charge < -0.3 is 31.0 Å². The van der Waals surface area contributed by atoms with Crippen LogP contribution in [0.5, 0.6) is 0 Å². The van der Waals surface area contributed by atoms with Crippen LogP contribution in [0.15, 0.2) is 151 Å². The van der Waals surface area contributed by atoms with Gasteiger partial charge in [-0.3, -0.25) is 14.2 Å². The van der Waals surface area contributed by atoms with Crippen molar-refractivity contribution < 1.29 is 93.8 Å². The van der Waals surface area contributed by atoms with Crippen molar-refractivity contribution in [2.75, 3.05) is 0 Å². The van der Waals surface area contributed by atoms with Crippen molar-refractivity contribution in [1.29, 1.82) is 0 Å². The maximum absolute atomic E-state index is 13.2. The predicted octanol–water partition coefficient (Wildman–Crippen LogP) is 8.39. The number of nitrogens with two attached hydrogens (primary N) is 1. The number of amides is 1. The summed E-state index contributed by atoms with van der Waals surface area (Å²) in [5, 5.41) is 15.1. The van der Waals surface area contributed by atoms with Crippen LogP contribution in [-0.2, 0) is 40.5 Å². The Morgan fingerprint density at radius 1 is 0.778 bits per heavy atom. The maximum Gasteiger partial charge on any atom is 1.00 e. The van der Waals surface area contributed by atoms with Crippen molar-refractivity contribution in [2.24, 2.45) is 5.73 Å². The Bertz CT molecular complexity index is 3710. The molecule has 16 nitrogen and oxygen atoms in total. The number of carboxylic acids is 1. The van der Waals surface area contributed by atoms with Gasteiger partial charge in [0, 0.05) is 45.6 Å². The normalized spacial score (nSPS) is 14.1. The van der Waals surface area contributed by atoms with Crippen LogP contribution in [0.1, 0.15) is 77.0 Å². The number of pyridine rings is 4. The number of alkyl halides is 4. The van der Waals surface area contributed by atoms with Crippen LogP contribution in [0.2, 0.25) is 5.15 Å². The SMILES string of the molecule is CC(C)(C)OC(=O)NC1(c2ccc(-c3nc4ccnc(Cl)c4cc3-c3ccccc3)cc2)CCC1.NC1(c2ccc(-c3nc4ccn(C(F)F)c(=O)c4cc3-c3ccccc3)cc2)CCC1.O=C(O)C(F)(F)S(=O)(=O)F.O=CO[O-].[Na+]. The quantitative estimate of drug-likeness (QED) is 0.0209. The number of fused-ring (bicyclic) bond motifs is 2. The number of hydrogen-bond acceptors (Lipinski definition) is 13. The van der Waals surface area contributed by atoms with Crippen molar-refractivity contribution >= 4 is 62.2 Å².